The van der Waals surface area contributed by atoms with Crippen LogP contribution in [0.3, 0.4) is 0 Å². The number of nitrogens with two attached hydrogens (primary N) is 1. The van der Waals surface area contributed by atoms with E-state index in [1.54, 1.807) is 0 Å². The minimum Gasteiger partial charge on any atom is -0.381 e. The van der Waals surface area contributed by atoms with E-state index in [2.05, 4.69) is 5.16 Å². The molecule has 1 aromatic heterocycles. The van der Waals surface area contributed by atoms with Crippen LogP contribution in [0, 0.1) is 11.6 Å². The van der Waals surface area contributed by atoms with Gasteiger partial charge in [0.25, 0.3) is 0 Å². The van der Waals surface area contributed by atoms with Crippen molar-refractivity contribution < 1.29 is 18.0 Å². The lowest BCUT2D eigenvalue weighted by Crippen LogP contribution is -1.97. The quantitative estimate of drug-likeness (QED) is 0.894. The van der Waals surface area contributed by atoms with Crippen molar-refractivity contribution in [3.8, 4) is 11.3 Å². The molecule has 0 saturated carbocycles. The lowest BCUT2D eigenvalue weighted by molar-refractivity contribution is 0.181. The van der Waals surface area contributed by atoms with E-state index in [0.29, 0.717) is 0 Å². The summed E-state index contributed by atoms with van der Waals surface area (Å²) in [5, 5.41) is 3.39. The van der Waals surface area contributed by atoms with Gasteiger partial charge in [0.05, 0.1) is 12.2 Å². The molecule has 4 nitrogen and oxygen atoms in total. The molecule has 0 unspecified atom stereocenters. The number of rotatable bonds is 3. The van der Waals surface area contributed by atoms with Crippen LogP contribution in [-0.4, -0.2) is 12.3 Å². The Balaban J connectivity index is 2.55. The first-order valence-electron chi connectivity index (χ1n) is 4.82. The summed E-state index contributed by atoms with van der Waals surface area (Å²) in [7, 11) is 1.43. The Labute approximate surface area is 96.0 Å². The third kappa shape index (κ3) is 2.12. The molecule has 90 valence electrons. The molecule has 6 heteroatoms. The van der Waals surface area contributed by atoms with Crippen molar-refractivity contribution in [1.82, 2.24) is 5.16 Å². The number of benzene rings is 1. The van der Waals surface area contributed by atoms with Crippen molar-refractivity contribution in [2.45, 2.75) is 6.61 Å². The minimum atomic E-state index is -0.737. The molecule has 0 radical (unpaired) electrons. The molecule has 0 saturated heterocycles. The molecule has 1 heterocycles. The maximum absolute atomic E-state index is 14.0. The molecule has 0 fully saturated rings. The first-order chi connectivity index (χ1) is 8.13. The SMILES string of the molecule is COCc1ccc(F)c(-c2cc(N)no2)c1F. The Bertz CT molecular complexity index is 540. The highest BCUT2D eigenvalue weighted by atomic mass is 19.1. The summed E-state index contributed by atoms with van der Waals surface area (Å²) in [6.07, 6.45) is 0. The van der Waals surface area contributed by atoms with Gasteiger partial charge in [0.2, 0.25) is 0 Å². The molecule has 1 aromatic carbocycles. The lowest BCUT2D eigenvalue weighted by Gasteiger charge is -2.06. The van der Waals surface area contributed by atoms with Gasteiger partial charge in [-0.2, -0.15) is 0 Å². The van der Waals surface area contributed by atoms with E-state index < -0.39 is 11.6 Å². The molecule has 2 aromatic rings. The summed E-state index contributed by atoms with van der Waals surface area (Å²) in [4.78, 5) is 0. The average molecular weight is 240 g/mol. The molecule has 0 amide bonds. The summed E-state index contributed by atoms with van der Waals surface area (Å²) < 4.78 is 37.1. The van der Waals surface area contributed by atoms with Crippen LogP contribution in [0.5, 0.6) is 0 Å². The van der Waals surface area contributed by atoms with Crippen molar-refractivity contribution in [2.75, 3.05) is 12.8 Å². The summed E-state index contributed by atoms with van der Waals surface area (Å²) >= 11 is 0. The summed E-state index contributed by atoms with van der Waals surface area (Å²) in [5.41, 5.74) is 5.29. The van der Waals surface area contributed by atoms with E-state index in [-0.39, 0.29) is 29.3 Å². The normalized spacial score (nSPS) is 10.8. The van der Waals surface area contributed by atoms with Crippen LogP contribution in [0.4, 0.5) is 14.6 Å². The maximum atomic E-state index is 14.0. The van der Waals surface area contributed by atoms with Crippen LogP contribution < -0.4 is 5.73 Å². The van der Waals surface area contributed by atoms with Crippen LogP contribution in [0.25, 0.3) is 11.3 Å². The molecule has 0 aliphatic heterocycles. The van der Waals surface area contributed by atoms with Crippen molar-refractivity contribution in [2.24, 2.45) is 0 Å². The van der Waals surface area contributed by atoms with E-state index in [4.69, 9.17) is 15.0 Å². The predicted octanol–water partition coefficient (Wildman–Crippen LogP) is 2.35. The van der Waals surface area contributed by atoms with Gasteiger partial charge < -0.3 is 15.0 Å². The van der Waals surface area contributed by atoms with Gasteiger partial charge in [0.1, 0.15) is 11.6 Å². The first kappa shape index (κ1) is 11.5. The van der Waals surface area contributed by atoms with Gasteiger partial charge in [-0.15, -0.1) is 0 Å². The van der Waals surface area contributed by atoms with Gasteiger partial charge in [-0.05, 0) is 6.07 Å². The fourth-order valence-corrected chi connectivity index (χ4v) is 1.50. The number of ether oxygens (including phenoxy) is 1. The zero-order valence-corrected chi connectivity index (χ0v) is 9.04. The number of nitrogen functional groups attached to an aromatic ring is 1. The number of nitrogens with zero attached hydrogens (tertiary/aromatic N) is 1. The van der Waals surface area contributed by atoms with Crippen LogP contribution in [0.2, 0.25) is 0 Å². The molecular weight excluding hydrogens is 230 g/mol. The van der Waals surface area contributed by atoms with Gasteiger partial charge in [-0.3, -0.25) is 0 Å². The Morgan fingerprint density at radius 2 is 2.18 bits per heavy atom. The van der Waals surface area contributed by atoms with Gasteiger partial charge in [0, 0.05) is 18.7 Å². The van der Waals surface area contributed by atoms with Crippen LogP contribution in [-0.2, 0) is 11.3 Å². The van der Waals surface area contributed by atoms with Gasteiger partial charge in [0.15, 0.2) is 11.6 Å². The fourth-order valence-electron chi connectivity index (χ4n) is 1.50. The van der Waals surface area contributed by atoms with Crippen LogP contribution >= 0.6 is 0 Å². The van der Waals surface area contributed by atoms with E-state index >= 15 is 0 Å². The summed E-state index contributed by atoms with van der Waals surface area (Å²) in [6, 6.07) is 3.72. The molecule has 0 aliphatic rings. The standard InChI is InChI=1S/C11H10F2N2O2/c1-16-5-6-2-3-7(12)10(11(6)13)8-4-9(14)15-17-8/h2-4H,5H2,1H3,(H2,14,15). The van der Waals surface area contributed by atoms with Gasteiger partial charge in [-0.1, -0.05) is 11.2 Å². The number of halogens is 2. The molecule has 0 bridgehead atoms. The highest BCUT2D eigenvalue weighted by Gasteiger charge is 2.19. The smallest absolute Gasteiger partial charge is 0.174 e. The summed E-state index contributed by atoms with van der Waals surface area (Å²) in [6.45, 7) is 0.0444. The Morgan fingerprint density at radius 3 is 2.76 bits per heavy atom. The van der Waals surface area contributed by atoms with Crippen LogP contribution in [0.1, 0.15) is 5.56 Å². The first-order valence-corrected chi connectivity index (χ1v) is 4.82. The molecule has 2 N–H and O–H groups in total. The second kappa shape index (κ2) is 4.50. The third-order valence-electron chi connectivity index (χ3n) is 2.25. The van der Waals surface area contributed by atoms with E-state index in [1.165, 1.54) is 19.2 Å². The van der Waals surface area contributed by atoms with Gasteiger partial charge >= 0.3 is 0 Å². The van der Waals surface area contributed by atoms with E-state index in [9.17, 15) is 8.78 Å². The molecule has 0 spiro atoms. The number of anilines is 1. The summed E-state index contributed by atoms with van der Waals surface area (Å²) in [5.74, 6) is -1.45. The van der Waals surface area contributed by atoms with Crippen molar-refractivity contribution in [3.63, 3.8) is 0 Å². The highest BCUT2D eigenvalue weighted by molar-refractivity contribution is 5.62. The number of aromatic nitrogens is 1. The molecule has 17 heavy (non-hydrogen) atoms. The zero-order valence-electron chi connectivity index (χ0n) is 9.04. The van der Waals surface area contributed by atoms with E-state index in [1.807, 2.05) is 0 Å². The number of methoxy groups -OCH3 is 1. The highest BCUT2D eigenvalue weighted by Crippen LogP contribution is 2.29. The van der Waals surface area contributed by atoms with Crippen molar-refractivity contribution in [1.29, 1.82) is 0 Å². The van der Waals surface area contributed by atoms with Crippen LogP contribution in [0.15, 0.2) is 22.7 Å². The third-order valence-corrected chi connectivity index (χ3v) is 2.25. The van der Waals surface area contributed by atoms with Gasteiger partial charge in [-0.25, -0.2) is 8.78 Å². The predicted molar refractivity (Wildman–Crippen MR) is 57.0 cm³/mol. The average Bonchev–Trinajstić information content (AvgIpc) is 2.69. The largest absolute Gasteiger partial charge is 0.381 e. The Kier molecular flexibility index (Phi) is 3.06. The minimum absolute atomic E-state index is 0.0444. The maximum Gasteiger partial charge on any atom is 0.174 e. The molecular formula is C11H10F2N2O2. The molecule has 0 atom stereocenters. The Morgan fingerprint density at radius 1 is 1.41 bits per heavy atom. The van der Waals surface area contributed by atoms with Crippen molar-refractivity contribution >= 4 is 5.82 Å². The lowest BCUT2D eigenvalue weighted by atomic mass is 10.1. The monoisotopic (exact) mass is 240 g/mol. The Hall–Kier alpha value is -1.95. The fraction of sp³-hybridized carbons (Fsp3) is 0.182. The molecule has 2 rings (SSSR count). The number of hydrogen-bond acceptors (Lipinski definition) is 4. The second-order valence-corrected chi connectivity index (χ2v) is 3.44. The topological polar surface area (TPSA) is 61.3 Å². The van der Waals surface area contributed by atoms with Crippen molar-refractivity contribution in [3.05, 3.63) is 35.4 Å². The second-order valence-electron chi connectivity index (χ2n) is 3.44. The number of hydrogen-bond donors (Lipinski definition) is 1. The zero-order chi connectivity index (χ0) is 12.4. The molecule has 0 aliphatic carbocycles. The van der Waals surface area contributed by atoms with E-state index in [0.717, 1.165) is 6.07 Å².